The number of rotatable bonds is 1. The van der Waals surface area contributed by atoms with Crippen LogP contribution in [0.5, 0.6) is 0 Å². The first-order chi connectivity index (χ1) is 6.75. The summed E-state index contributed by atoms with van der Waals surface area (Å²) in [5, 5.41) is 0. The fourth-order valence-corrected chi connectivity index (χ4v) is 2.38. The smallest absolute Gasteiger partial charge is 0.192 e. The monoisotopic (exact) mass is 360 g/mol. The highest BCUT2D eigenvalue weighted by atomic mass is 127. The van der Waals surface area contributed by atoms with Crippen LogP contribution in [-0.2, 0) is 0 Å². The molecule has 2 nitrogen and oxygen atoms in total. The minimum atomic E-state index is 0.746. The van der Waals surface area contributed by atoms with Crippen molar-refractivity contribution in [2.75, 3.05) is 0 Å². The van der Waals surface area contributed by atoms with Crippen LogP contribution in [0, 0.1) is 3.83 Å². The van der Waals surface area contributed by atoms with Crippen LogP contribution in [0.1, 0.15) is 0 Å². The molecule has 0 unspecified atom stereocenters. The number of halogens is 2. The third kappa shape index (κ3) is 2.30. The lowest BCUT2D eigenvalue weighted by Crippen LogP contribution is -1.91. The number of benzene rings is 1. The Morgan fingerprint density at radius 3 is 2.43 bits per heavy atom. The second-order valence-corrected chi connectivity index (χ2v) is 4.49. The van der Waals surface area contributed by atoms with Gasteiger partial charge in [-0.1, -0.05) is 30.3 Å². The molecule has 1 heterocycles. The molecule has 0 N–H and O–H groups in total. The Labute approximate surface area is 104 Å². The maximum Gasteiger partial charge on any atom is 0.192 e. The van der Waals surface area contributed by atoms with Gasteiger partial charge in [0.1, 0.15) is 4.60 Å². The van der Waals surface area contributed by atoms with E-state index in [1.54, 1.807) is 0 Å². The molecule has 1 aromatic heterocycles. The third-order valence-corrected chi connectivity index (χ3v) is 2.63. The molecule has 1 aromatic carbocycles. The van der Waals surface area contributed by atoms with Gasteiger partial charge in [-0.2, -0.15) is 0 Å². The van der Waals surface area contributed by atoms with Gasteiger partial charge in [-0.05, 0) is 22.0 Å². The Bertz CT molecular complexity index is 425. The van der Waals surface area contributed by atoms with Crippen molar-refractivity contribution in [3.63, 3.8) is 0 Å². The summed E-state index contributed by atoms with van der Waals surface area (Å²) in [4.78, 5) is 8.50. The van der Waals surface area contributed by atoms with E-state index < -0.39 is 0 Å². The maximum absolute atomic E-state index is 4.35. The summed E-state index contributed by atoms with van der Waals surface area (Å²) in [6.45, 7) is 0. The highest BCUT2D eigenvalue weighted by molar-refractivity contribution is 14.1. The predicted molar refractivity (Wildman–Crippen MR) is 67.9 cm³/mol. The van der Waals surface area contributed by atoms with Gasteiger partial charge in [0.25, 0.3) is 0 Å². The van der Waals surface area contributed by atoms with Gasteiger partial charge in [0.05, 0.1) is 5.69 Å². The van der Waals surface area contributed by atoms with Gasteiger partial charge in [0, 0.05) is 28.2 Å². The van der Waals surface area contributed by atoms with E-state index in [2.05, 4.69) is 48.5 Å². The highest BCUT2D eigenvalue weighted by Crippen LogP contribution is 2.20. The molecule has 0 atom stereocenters. The van der Waals surface area contributed by atoms with Gasteiger partial charge in [-0.25, -0.2) is 9.97 Å². The molecule has 0 radical (unpaired) electrons. The zero-order valence-corrected chi connectivity index (χ0v) is 10.9. The molecule has 2 aromatic rings. The Kier molecular flexibility index (Phi) is 3.12. The van der Waals surface area contributed by atoms with Crippen molar-refractivity contribution in [3.05, 3.63) is 44.8 Å². The molecule has 0 saturated heterocycles. The van der Waals surface area contributed by atoms with E-state index >= 15 is 0 Å². The summed E-state index contributed by atoms with van der Waals surface area (Å²) in [5.74, 6) is 0. The van der Waals surface area contributed by atoms with E-state index in [0.717, 1.165) is 19.7 Å². The molecular formula is C10H6BrIN2. The molecule has 0 fully saturated rings. The van der Waals surface area contributed by atoms with Crippen molar-refractivity contribution >= 4 is 38.5 Å². The molecular weight excluding hydrogens is 355 g/mol. The van der Waals surface area contributed by atoms with Crippen LogP contribution in [0.3, 0.4) is 0 Å². The second kappa shape index (κ2) is 4.35. The molecule has 0 amide bonds. The Hall–Kier alpha value is -0.490. The molecule has 70 valence electrons. The van der Waals surface area contributed by atoms with E-state index in [4.69, 9.17) is 0 Å². The Balaban J connectivity index is 2.52. The van der Waals surface area contributed by atoms with Gasteiger partial charge in [-0.3, -0.25) is 0 Å². The second-order valence-electron chi connectivity index (χ2n) is 2.71. The average Bonchev–Trinajstić information content (AvgIpc) is 2.18. The lowest BCUT2D eigenvalue weighted by Gasteiger charge is -2.01. The fraction of sp³-hybridized carbons (Fsp3) is 0. The summed E-state index contributed by atoms with van der Waals surface area (Å²) < 4.78 is 1.56. The number of hydrogen-bond acceptors (Lipinski definition) is 2. The SMILES string of the molecule is Brc1cc(-c2ccccc2)nc(I)n1. The summed E-state index contributed by atoms with van der Waals surface area (Å²) in [6.07, 6.45) is 0. The van der Waals surface area contributed by atoms with E-state index in [-0.39, 0.29) is 0 Å². The normalized spacial score (nSPS) is 10.1. The van der Waals surface area contributed by atoms with Crippen LogP contribution in [0.4, 0.5) is 0 Å². The molecule has 0 bridgehead atoms. The number of aromatic nitrogens is 2. The maximum atomic E-state index is 4.35. The van der Waals surface area contributed by atoms with Crippen LogP contribution in [0.25, 0.3) is 11.3 Å². The van der Waals surface area contributed by atoms with Crippen LogP contribution in [0.2, 0.25) is 0 Å². The predicted octanol–water partition coefficient (Wildman–Crippen LogP) is 3.51. The van der Waals surface area contributed by atoms with Crippen molar-refractivity contribution in [1.29, 1.82) is 0 Å². The standard InChI is InChI=1S/C10H6BrIN2/c11-9-6-8(13-10(12)14-9)7-4-2-1-3-5-7/h1-6H. The first kappa shape index (κ1) is 10.0. The topological polar surface area (TPSA) is 25.8 Å². The first-order valence-electron chi connectivity index (χ1n) is 4.01. The number of hydrogen-bond donors (Lipinski definition) is 0. The molecule has 4 heteroatoms. The van der Waals surface area contributed by atoms with Crippen molar-refractivity contribution in [1.82, 2.24) is 9.97 Å². The van der Waals surface area contributed by atoms with Crippen molar-refractivity contribution < 1.29 is 0 Å². The highest BCUT2D eigenvalue weighted by Gasteiger charge is 2.02. The van der Waals surface area contributed by atoms with Crippen molar-refractivity contribution in [2.45, 2.75) is 0 Å². The lowest BCUT2D eigenvalue weighted by atomic mass is 10.1. The Morgan fingerprint density at radius 2 is 1.79 bits per heavy atom. The summed E-state index contributed by atoms with van der Waals surface area (Å²) >= 11 is 5.46. The molecule has 0 aliphatic rings. The average molecular weight is 361 g/mol. The summed E-state index contributed by atoms with van der Waals surface area (Å²) in [5.41, 5.74) is 2.05. The molecule has 2 rings (SSSR count). The van der Waals surface area contributed by atoms with Gasteiger partial charge in [0.15, 0.2) is 3.83 Å². The third-order valence-electron chi connectivity index (χ3n) is 1.74. The lowest BCUT2D eigenvalue weighted by molar-refractivity contribution is 1.09. The summed E-state index contributed by atoms with van der Waals surface area (Å²) in [7, 11) is 0. The molecule has 14 heavy (non-hydrogen) atoms. The zero-order chi connectivity index (χ0) is 9.97. The quantitative estimate of drug-likeness (QED) is 0.442. The first-order valence-corrected chi connectivity index (χ1v) is 5.88. The summed E-state index contributed by atoms with van der Waals surface area (Å²) in [6, 6.07) is 12.0. The van der Waals surface area contributed by atoms with Gasteiger partial charge in [0.2, 0.25) is 0 Å². The zero-order valence-electron chi connectivity index (χ0n) is 7.11. The minimum absolute atomic E-state index is 0.746. The number of nitrogens with zero attached hydrogens (tertiary/aromatic N) is 2. The van der Waals surface area contributed by atoms with Crippen LogP contribution in [0.15, 0.2) is 41.0 Å². The van der Waals surface area contributed by atoms with Crippen LogP contribution >= 0.6 is 38.5 Å². The van der Waals surface area contributed by atoms with Crippen LogP contribution in [-0.4, -0.2) is 9.97 Å². The molecule has 0 saturated carbocycles. The van der Waals surface area contributed by atoms with E-state index in [9.17, 15) is 0 Å². The van der Waals surface area contributed by atoms with E-state index in [0.29, 0.717) is 0 Å². The van der Waals surface area contributed by atoms with Crippen molar-refractivity contribution in [2.24, 2.45) is 0 Å². The van der Waals surface area contributed by atoms with Gasteiger partial charge in [-0.15, -0.1) is 0 Å². The molecule has 0 spiro atoms. The van der Waals surface area contributed by atoms with Crippen LogP contribution < -0.4 is 0 Å². The Morgan fingerprint density at radius 1 is 1.07 bits per heavy atom. The van der Waals surface area contributed by atoms with Crippen molar-refractivity contribution in [3.8, 4) is 11.3 Å². The minimum Gasteiger partial charge on any atom is -0.223 e. The van der Waals surface area contributed by atoms with Gasteiger partial charge >= 0.3 is 0 Å². The van der Waals surface area contributed by atoms with E-state index in [1.165, 1.54) is 0 Å². The molecule has 0 aliphatic carbocycles. The molecule has 0 aliphatic heterocycles. The largest absolute Gasteiger partial charge is 0.223 e. The van der Waals surface area contributed by atoms with E-state index in [1.807, 2.05) is 36.4 Å². The fourth-order valence-electron chi connectivity index (χ4n) is 1.15. The van der Waals surface area contributed by atoms with Gasteiger partial charge < -0.3 is 0 Å².